The molecule has 0 saturated heterocycles. The van der Waals surface area contributed by atoms with Gasteiger partial charge in [-0.25, -0.2) is 4.68 Å². The van der Waals surface area contributed by atoms with E-state index < -0.39 is 0 Å². The van der Waals surface area contributed by atoms with Crippen molar-refractivity contribution in [3.8, 4) is 0 Å². The molecule has 1 unspecified atom stereocenters. The summed E-state index contributed by atoms with van der Waals surface area (Å²) in [6.45, 7) is 0. The minimum Gasteiger partial charge on any atom is -0.383 e. The summed E-state index contributed by atoms with van der Waals surface area (Å²) in [6, 6.07) is 8.87. The largest absolute Gasteiger partial charge is 0.383 e. The summed E-state index contributed by atoms with van der Waals surface area (Å²) in [7, 11) is 0. The molecule has 0 saturated carbocycles. The first-order valence-electron chi connectivity index (χ1n) is 5.33. The van der Waals surface area contributed by atoms with E-state index in [1.807, 2.05) is 10.9 Å². The average molecular weight is 325 g/mol. The fourth-order valence-electron chi connectivity index (χ4n) is 2.39. The van der Waals surface area contributed by atoms with Gasteiger partial charge < -0.3 is 5.73 Å². The van der Waals surface area contributed by atoms with Crippen LogP contribution in [0.4, 0.5) is 5.82 Å². The molecule has 1 aliphatic rings. The fraction of sp³-hybridized carbons (Fsp3) is 0.250. The maximum absolute atomic E-state index is 6.03. The second-order valence-electron chi connectivity index (χ2n) is 4.08. The first-order chi connectivity index (χ1) is 7.77. The Morgan fingerprint density at radius 3 is 2.94 bits per heavy atom. The van der Waals surface area contributed by atoms with Gasteiger partial charge in [0, 0.05) is 0 Å². The van der Waals surface area contributed by atoms with Crippen molar-refractivity contribution in [3.63, 3.8) is 0 Å². The van der Waals surface area contributed by atoms with Gasteiger partial charge in [-0.15, -0.1) is 0 Å². The molecule has 82 valence electrons. The molecule has 1 atom stereocenters. The minimum atomic E-state index is 0.319. The lowest BCUT2D eigenvalue weighted by Gasteiger charge is -2.13. The third-order valence-electron chi connectivity index (χ3n) is 3.18. The molecule has 1 aromatic heterocycles. The summed E-state index contributed by atoms with van der Waals surface area (Å²) >= 11 is 2.22. The Morgan fingerprint density at radius 1 is 1.38 bits per heavy atom. The molecule has 4 heteroatoms. The number of rotatable bonds is 1. The van der Waals surface area contributed by atoms with Gasteiger partial charge in [0.1, 0.15) is 5.82 Å². The molecule has 0 radical (unpaired) electrons. The van der Waals surface area contributed by atoms with E-state index in [0.717, 1.165) is 22.2 Å². The number of hydrogen-bond acceptors (Lipinski definition) is 2. The van der Waals surface area contributed by atoms with E-state index in [4.69, 9.17) is 5.73 Å². The SMILES string of the molecule is Nc1c(I)cnn1C1CCc2ccccc21. The molecular formula is C12H12IN3. The quantitative estimate of drug-likeness (QED) is 0.819. The number of anilines is 1. The van der Waals surface area contributed by atoms with Crippen molar-refractivity contribution in [2.45, 2.75) is 18.9 Å². The third-order valence-corrected chi connectivity index (χ3v) is 4.01. The molecule has 1 heterocycles. The van der Waals surface area contributed by atoms with Crippen LogP contribution in [0.1, 0.15) is 23.6 Å². The van der Waals surface area contributed by atoms with Crippen LogP contribution in [0.15, 0.2) is 30.5 Å². The van der Waals surface area contributed by atoms with Crippen molar-refractivity contribution in [1.82, 2.24) is 9.78 Å². The van der Waals surface area contributed by atoms with Gasteiger partial charge in [-0.1, -0.05) is 24.3 Å². The molecule has 0 spiro atoms. The Labute approximate surface area is 108 Å². The number of benzene rings is 1. The standard InChI is InChI=1S/C12H12IN3/c13-10-7-15-16(12(10)14)11-6-5-8-3-1-2-4-9(8)11/h1-4,7,11H,5-6,14H2. The number of nitrogens with two attached hydrogens (primary N) is 1. The van der Waals surface area contributed by atoms with E-state index in [0.29, 0.717) is 6.04 Å². The van der Waals surface area contributed by atoms with Gasteiger partial charge in [-0.3, -0.25) is 0 Å². The second-order valence-corrected chi connectivity index (χ2v) is 5.24. The maximum atomic E-state index is 6.03. The predicted octanol–water partition coefficient (Wildman–Crippen LogP) is 2.61. The predicted molar refractivity (Wildman–Crippen MR) is 72.3 cm³/mol. The highest BCUT2D eigenvalue weighted by atomic mass is 127. The van der Waals surface area contributed by atoms with Gasteiger partial charge in [-0.05, 0) is 46.6 Å². The highest BCUT2D eigenvalue weighted by Gasteiger charge is 2.25. The lowest BCUT2D eigenvalue weighted by Crippen LogP contribution is -2.12. The maximum Gasteiger partial charge on any atom is 0.135 e. The number of fused-ring (bicyclic) bond motifs is 1. The zero-order valence-corrected chi connectivity index (χ0v) is 10.9. The normalized spacial score (nSPS) is 18.7. The molecule has 0 fully saturated rings. The minimum absolute atomic E-state index is 0.319. The number of aromatic nitrogens is 2. The van der Waals surface area contributed by atoms with E-state index in [9.17, 15) is 0 Å². The molecule has 1 aliphatic carbocycles. The summed E-state index contributed by atoms with van der Waals surface area (Å²) in [5, 5.41) is 4.38. The van der Waals surface area contributed by atoms with Crippen LogP contribution in [0.2, 0.25) is 0 Å². The smallest absolute Gasteiger partial charge is 0.135 e. The summed E-state index contributed by atoms with van der Waals surface area (Å²) < 4.78 is 2.98. The average Bonchev–Trinajstić information content (AvgIpc) is 2.85. The van der Waals surface area contributed by atoms with Crippen LogP contribution >= 0.6 is 22.6 Å². The monoisotopic (exact) mass is 325 g/mol. The van der Waals surface area contributed by atoms with E-state index in [1.165, 1.54) is 11.1 Å². The van der Waals surface area contributed by atoms with Crippen LogP contribution in [0.5, 0.6) is 0 Å². The number of aryl methyl sites for hydroxylation is 1. The molecule has 0 bridgehead atoms. The first-order valence-corrected chi connectivity index (χ1v) is 6.41. The molecule has 3 rings (SSSR count). The highest BCUT2D eigenvalue weighted by molar-refractivity contribution is 14.1. The van der Waals surface area contributed by atoms with Crippen molar-refractivity contribution < 1.29 is 0 Å². The second kappa shape index (κ2) is 3.76. The fourth-order valence-corrected chi connectivity index (χ4v) is 2.76. The van der Waals surface area contributed by atoms with Crippen molar-refractivity contribution in [1.29, 1.82) is 0 Å². The summed E-state index contributed by atoms with van der Waals surface area (Å²) in [6.07, 6.45) is 4.05. The van der Waals surface area contributed by atoms with Crippen LogP contribution in [0.3, 0.4) is 0 Å². The third kappa shape index (κ3) is 1.43. The molecule has 2 N–H and O–H groups in total. The molecule has 0 amide bonds. The van der Waals surface area contributed by atoms with E-state index in [-0.39, 0.29) is 0 Å². The Kier molecular flexibility index (Phi) is 2.38. The molecular weight excluding hydrogens is 313 g/mol. The zero-order chi connectivity index (χ0) is 11.1. The molecule has 0 aliphatic heterocycles. The van der Waals surface area contributed by atoms with Gasteiger partial charge in [0.2, 0.25) is 0 Å². The Morgan fingerprint density at radius 2 is 2.19 bits per heavy atom. The van der Waals surface area contributed by atoms with Crippen LogP contribution in [-0.4, -0.2) is 9.78 Å². The van der Waals surface area contributed by atoms with Crippen molar-refractivity contribution in [3.05, 3.63) is 45.2 Å². The van der Waals surface area contributed by atoms with Crippen molar-refractivity contribution in [2.75, 3.05) is 5.73 Å². The number of halogens is 1. The van der Waals surface area contributed by atoms with Gasteiger partial charge in [-0.2, -0.15) is 5.10 Å². The molecule has 2 aromatic rings. The van der Waals surface area contributed by atoms with E-state index >= 15 is 0 Å². The lowest BCUT2D eigenvalue weighted by atomic mass is 10.1. The Bertz CT molecular complexity index is 533. The molecule has 16 heavy (non-hydrogen) atoms. The Balaban J connectivity index is 2.08. The van der Waals surface area contributed by atoms with Gasteiger partial charge in [0.25, 0.3) is 0 Å². The lowest BCUT2D eigenvalue weighted by molar-refractivity contribution is 0.527. The number of nitrogen functional groups attached to an aromatic ring is 1. The number of hydrogen-bond donors (Lipinski definition) is 1. The summed E-state index contributed by atoms with van der Waals surface area (Å²) in [4.78, 5) is 0. The van der Waals surface area contributed by atoms with Crippen LogP contribution in [0.25, 0.3) is 0 Å². The molecule has 3 nitrogen and oxygen atoms in total. The van der Waals surface area contributed by atoms with Crippen LogP contribution in [0, 0.1) is 3.57 Å². The van der Waals surface area contributed by atoms with E-state index in [2.05, 4.69) is 52.0 Å². The summed E-state index contributed by atoms with van der Waals surface area (Å²) in [5.74, 6) is 0.780. The topological polar surface area (TPSA) is 43.8 Å². The Hall–Kier alpha value is -1.04. The van der Waals surface area contributed by atoms with Gasteiger partial charge in [0.15, 0.2) is 0 Å². The van der Waals surface area contributed by atoms with Crippen molar-refractivity contribution in [2.24, 2.45) is 0 Å². The van der Waals surface area contributed by atoms with Crippen LogP contribution in [-0.2, 0) is 6.42 Å². The number of nitrogens with zero attached hydrogens (tertiary/aromatic N) is 2. The van der Waals surface area contributed by atoms with Gasteiger partial charge in [0.05, 0.1) is 15.8 Å². The zero-order valence-electron chi connectivity index (χ0n) is 8.73. The highest BCUT2D eigenvalue weighted by Crippen LogP contribution is 2.35. The summed E-state index contributed by atoms with van der Waals surface area (Å²) in [5.41, 5.74) is 8.83. The van der Waals surface area contributed by atoms with Crippen molar-refractivity contribution >= 4 is 28.4 Å². The van der Waals surface area contributed by atoms with E-state index in [1.54, 1.807) is 0 Å². The van der Waals surface area contributed by atoms with Crippen LogP contribution < -0.4 is 5.73 Å². The first kappa shape index (κ1) is 10.1. The molecule has 1 aromatic carbocycles. The van der Waals surface area contributed by atoms with Gasteiger partial charge >= 0.3 is 0 Å².